The molecule has 0 fully saturated rings. The van der Waals surface area contributed by atoms with Gasteiger partial charge in [-0.2, -0.15) is 0 Å². The Morgan fingerprint density at radius 3 is 1.71 bits per heavy atom. The Kier molecular flexibility index (Phi) is 2.48. The van der Waals surface area contributed by atoms with Gasteiger partial charge in [-0.1, -0.05) is 69.3 Å². The highest BCUT2D eigenvalue weighted by Gasteiger charge is 2.51. The molecule has 2 aromatic carbocycles. The second-order valence-electron chi connectivity index (χ2n) is 7.04. The van der Waals surface area contributed by atoms with E-state index in [1.165, 1.54) is 22.3 Å². The second-order valence-corrected chi connectivity index (χ2v) is 7.04. The van der Waals surface area contributed by atoms with Gasteiger partial charge >= 0.3 is 0 Å². The number of hydrogen-bond donors (Lipinski definition) is 0. The van der Waals surface area contributed by atoms with Crippen molar-refractivity contribution >= 4 is 5.78 Å². The summed E-state index contributed by atoms with van der Waals surface area (Å²) in [6, 6.07) is 17.3. The number of rotatable bonds is 0. The zero-order valence-corrected chi connectivity index (χ0v) is 12.8. The van der Waals surface area contributed by atoms with Gasteiger partial charge in [-0.25, -0.2) is 0 Å². The normalized spacial score (nSPS) is 28.7. The van der Waals surface area contributed by atoms with Crippen LogP contribution in [0.5, 0.6) is 0 Å². The van der Waals surface area contributed by atoms with Crippen LogP contribution in [0.1, 0.15) is 54.9 Å². The zero-order valence-electron chi connectivity index (χ0n) is 12.8. The SMILES string of the molecule is CC1C(=O)C(C)(C)C2c3ccccc3C1c1ccccc12. The smallest absolute Gasteiger partial charge is 0.143 e. The molecule has 2 aromatic rings. The minimum Gasteiger partial charge on any atom is -0.299 e. The highest BCUT2D eigenvalue weighted by atomic mass is 16.1. The number of carbonyl (C=O) groups is 1. The van der Waals surface area contributed by atoms with Crippen LogP contribution in [0.25, 0.3) is 0 Å². The summed E-state index contributed by atoms with van der Waals surface area (Å²) in [7, 11) is 0. The summed E-state index contributed by atoms with van der Waals surface area (Å²) in [4.78, 5) is 13.1. The van der Waals surface area contributed by atoms with Crippen LogP contribution < -0.4 is 0 Å². The summed E-state index contributed by atoms with van der Waals surface area (Å²) >= 11 is 0. The monoisotopic (exact) mass is 276 g/mol. The van der Waals surface area contributed by atoms with Crippen molar-refractivity contribution in [2.24, 2.45) is 11.3 Å². The van der Waals surface area contributed by atoms with Crippen molar-refractivity contribution in [3.63, 3.8) is 0 Å². The molecule has 3 aliphatic rings. The molecule has 3 aliphatic carbocycles. The summed E-state index contributed by atoms with van der Waals surface area (Å²) in [5.74, 6) is 0.821. The largest absolute Gasteiger partial charge is 0.299 e. The van der Waals surface area contributed by atoms with Crippen LogP contribution in [0.3, 0.4) is 0 Å². The van der Waals surface area contributed by atoms with Gasteiger partial charge in [0.2, 0.25) is 0 Å². The van der Waals surface area contributed by atoms with Gasteiger partial charge in [-0.3, -0.25) is 4.79 Å². The first-order valence-corrected chi connectivity index (χ1v) is 7.75. The molecule has 0 radical (unpaired) electrons. The number of hydrogen-bond acceptors (Lipinski definition) is 1. The second kappa shape index (κ2) is 4.07. The number of carbonyl (C=O) groups excluding carboxylic acids is 1. The third-order valence-corrected chi connectivity index (χ3v) is 5.55. The summed E-state index contributed by atoms with van der Waals surface area (Å²) < 4.78 is 0. The Morgan fingerprint density at radius 2 is 1.24 bits per heavy atom. The predicted octanol–water partition coefficient (Wildman–Crippen LogP) is 4.51. The third kappa shape index (κ3) is 1.49. The third-order valence-electron chi connectivity index (χ3n) is 5.55. The molecule has 5 rings (SSSR count). The van der Waals surface area contributed by atoms with Crippen molar-refractivity contribution in [1.29, 1.82) is 0 Å². The lowest BCUT2D eigenvalue weighted by atomic mass is 9.66. The van der Waals surface area contributed by atoms with Crippen LogP contribution >= 0.6 is 0 Å². The predicted molar refractivity (Wildman–Crippen MR) is 84.5 cm³/mol. The summed E-state index contributed by atoms with van der Waals surface area (Å²) in [6.07, 6.45) is 0. The van der Waals surface area contributed by atoms with Gasteiger partial charge in [-0.05, 0) is 22.3 Å². The molecule has 0 spiro atoms. The summed E-state index contributed by atoms with van der Waals surface area (Å²) in [5.41, 5.74) is 5.06. The number of fused-ring (bicyclic) bond motifs is 2. The number of benzene rings is 2. The van der Waals surface area contributed by atoms with Crippen LogP contribution in [0.2, 0.25) is 0 Å². The van der Waals surface area contributed by atoms with Crippen LogP contribution in [0.4, 0.5) is 0 Å². The lowest BCUT2D eigenvalue weighted by Crippen LogP contribution is -2.33. The van der Waals surface area contributed by atoms with Gasteiger partial charge in [0, 0.05) is 23.2 Å². The molecule has 0 N–H and O–H groups in total. The fourth-order valence-corrected chi connectivity index (χ4v) is 4.65. The first kappa shape index (κ1) is 12.8. The van der Waals surface area contributed by atoms with E-state index >= 15 is 0 Å². The van der Waals surface area contributed by atoms with E-state index in [1.807, 2.05) is 0 Å². The minimum absolute atomic E-state index is 0.0369. The topological polar surface area (TPSA) is 17.1 Å². The molecule has 0 amide bonds. The molecule has 106 valence electrons. The van der Waals surface area contributed by atoms with Crippen molar-refractivity contribution in [3.8, 4) is 0 Å². The Balaban J connectivity index is 2.14. The lowest BCUT2D eigenvalue weighted by Gasteiger charge is -2.36. The molecule has 0 saturated heterocycles. The van der Waals surface area contributed by atoms with Crippen LogP contribution in [0.15, 0.2) is 48.5 Å². The van der Waals surface area contributed by atoms with Crippen molar-refractivity contribution < 1.29 is 4.79 Å². The molecule has 1 atom stereocenters. The van der Waals surface area contributed by atoms with E-state index in [4.69, 9.17) is 0 Å². The number of ketones is 1. The molecule has 0 saturated carbocycles. The fraction of sp³-hybridized carbons (Fsp3) is 0.350. The minimum atomic E-state index is -0.350. The van der Waals surface area contributed by atoms with E-state index in [1.54, 1.807) is 0 Å². The quantitative estimate of drug-likeness (QED) is 0.692. The van der Waals surface area contributed by atoms with Gasteiger partial charge in [0.05, 0.1) is 0 Å². The Hall–Kier alpha value is -1.89. The fourth-order valence-electron chi connectivity index (χ4n) is 4.65. The first-order chi connectivity index (χ1) is 10.0. The molecule has 1 heteroatoms. The average molecular weight is 276 g/mol. The van der Waals surface area contributed by atoms with E-state index in [9.17, 15) is 4.79 Å². The molecular weight excluding hydrogens is 256 g/mol. The van der Waals surface area contributed by atoms with E-state index in [0.29, 0.717) is 5.78 Å². The van der Waals surface area contributed by atoms with Crippen LogP contribution in [0, 0.1) is 11.3 Å². The average Bonchev–Trinajstić information content (AvgIpc) is 2.60. The Bertz CT molecular complexity index is 694. The molecule has 0 aromatic heterocycles. The summed E-state index contributed by atoms with van der Waals surface area (Å²) in [5, 5.41) is 0. The molecule has 2 bridgehead atoms. The maximum atomic E-state index is 13.1. The van der Waals surface area contributed by atoms with Gasteiger partial charge in [-0.15, -0.1) is 0 Å². The molecule has 0 heterocycles. The maximum absolute atomic E-state index is 13.1. The maximum Gasteiger partial charge on any atom is 0.143 e. The standard InChI is InChI=1S/C20H20O/c1-12-17-13-8-4-6-10-15(13)18(20(2,3)19(12)21)16-11-7-5-9-14(16)17/h4-12,17-18H,1-3H3. The number of Topliss-reactive ketones (excluding diaryl/α,β-unsaturated/α-hetero) is 1. The lowest BCUT2D eigenvalue weighted by molar-refractivity contribution is -0.131. The Morgan fingerprint density at radius 1 is 0.810 bits per heavy atom. The van der Waals surface area contributed by atoms with Crippen molar-refractivity contribution in [1.82, 2.24) is 0 Å². The molecular formula is C20H20O. The zero-order chi connectivity index (χ0) is 14.8. The Labute approximate surface area is 126 Å². The molecule has 1 unspecified atom stereocenters. The van der Waals surface area contributed by atoms with Crippen molar-refractivity contribution in [2.45, 2.75) is 32.6 Å². The molecule has 21 heavy (non-hydrogen) atoms. The van der Waals surface area contributed by atoms with E-state index in [-0.39, 0.29) is 23.2 Å². The van der Waals surface area contributed by atoms with Gasteiger partial charge in [0.15, 0.2) is 0 Å². The first-order valence-electron chi connectivity index (χ1n) is 7.75. The van der Waals surface area contributed by atoms with Crippen LogP contribution in [-0.2, 0) is 4.79 Å². The van der Waals surface area contributed by atoms with Crippen molar-refractivity contribution in [2.75, 3.05) is 0 Å². The van der Waals surface area contributed by atoms with E-state index in [0.717, 1.165) is 0 Å². The van der Waals surface area contributed by atoms with Crippen LogP contribution in [-0.4, -0.2) is 5.78 Å². The highest BCUT2D eigenvalue weighted by molar-refractivity contribution is 5.91. The van der Waals surface area contributed by atoms with Gasteiger partial charge in [0.1, 0.15) is 5.78 Å². The van der Waals surface area contributed by atoms with Crippen molar-refractivity contribution in [3.05, 3.63) is 70.8 Å². The van der Waals surface area contributed by atoms with E-state index in [2.05, 4.69) is 69.3 Å². The molecule has 0 aliphatic heterocycles. The highest BCUT2D eigenvalue weighted by Crippen LogP contribution is 2.57. The van der Waals surface area contributed by atoms with E-state index < -0.39 is 0 Å². The van der Waals surface area contributed by atoms with Gasteiger partial charge < -0.3 is 0 Å². The molecule has 1 nitrogen and oxygen atoms in total. The summed E-state index contributed by atoms with van der Waals surface area (Å²) in [6.45, 7) is 6.35. The van der Waals surface area contributed by atoms with Gasteiger partial charge in [0.25, 0.3) is 0 Å².